The van der Waals surface area contributed by atoms with Crippen molar-refractivity contribution in [3.8, 4) is 16.9 Å². The average molecular weight is 372 g/mol. The van der Waals surface area contributed by atoms with Crippen molar-refractivity contribution in [3.05, 3.63) is 65.2 Å². The molecule has 1 aliphatic carbocycles. The van der Waals surface area contributed by atoms with Crippen LogP contribution in [0.3, 0.4) is 0 Å². The standard InChI is InChI=1S/C20H22BrNO/c21-19-10-8-17(9-11-19)18-4-3-5-20(14-18)23-13-2-1-12-22-15-16-6-7-16/h1-5,8-11,14,16,22H,6-7,12-13,15H2. The topological polar surface area (TPSA) is 21.3 Å². The molecule has 2 aromatic rings. The number of halogens is 1. The van der Waals surface area contributed by atoms with Gasteiger partial charge in [-0.05, 0) is 60.7 Å². The van der Waals surface area contributed by atoms with Gasteiger partial charge in [-0.25, -0.2) is 0 Å². The molecule has 0 amide bonds. The minimum atomic E-state index is 0.606. The van der Waals surface area contributed by atoms with Gasteiger partial charge in [-0.15, -0.1) is 0 Å². The Hall–Kier alpha value is -1.58. The van der Waals surface area contributed by atoms with Crippen LogP contribution in [0.25, 0.3) is 11.1 Å². The summed E-state index contributed by atoms with van der Waals surface area (Å²) in [5.74, 6) is 1.84. The molecule has 0 saturated heterocycles. The van der Waals surface area contributed by atoms with Crippen molar-refractivity contribution in [2.75, 3.05) is 19.7 Å². The molecule has 0 radical (unpaired) electrons. The summed E-state index contributed by atoms with van der Waals surface area (Å²) in [6, 6.07) is 16.6. The van der Waals surface area contributed by atoms with Gasteiger partial charge >= 0.3 is 0 Å². The summed E-state index contributed by atoms with van der Waals surface area (Å²) in [6.07, 6.45) is 7.01. The van der Waals surface area contributed by atoms with Crippen molar-refractivity contribution in [2.45, 2.75) is 12.8 Å². The normalized spacial score (nSPS) is 14.3. The Labute approximate surface area is 146 Å². The first-order valence-corrected chi connectivity index (χ1v) is 8.95. The number of nitrogens with one attached hydrogen (secondary N) is 1. The summed E-state index contributed by atoms with van der Waals surface area (Å²) in [6.45, 7) is 2.69. The molecular formula is C20H22BrNO. The second-order valence-corrected chi connectivity index (χ2v) is 6.83. The van der Waals surface area contributed by atoms with E-state index in [0.29, 0.717) is 6.61 Å². The number of ether oxygens (including phenoxy) is 1. The van der Waals surface area contributed by atoms with E-state index in [1.54, 1.807) is 0 Å². The molecule has 0 aliphatic heterocycles. The molecule has 120 valence electrons. The van der Waals surface area contributed by atoms with Gasteiger partial charge in [0.05, 0.1) is 0 Å². The summed E-state index contributed by atoms with van der Waals surface area (Å²) in [5, 5.41) is 3.43. The molecule has 0 atom stereocenters. The Morgan fingerprint density at radius 3 is 2.65 bits per heavy atom. The molecule has 3 rings (SSSR count). The van der Waals surface area contributed by atoms with Crippen LogP contribution < -0.4 is 10.1 Å². The predicted octanol–water partition coefficient (Wildman–Crippen LogP) is 5.05. The van der Waals surface area contributed by atoms with Gasteiger partial charge in [-0.2, -0.15) is 0 Å². The molecule has 0 bridgehead atoms. The van der Waals surface area contributed by atoms with Gasteiger partial charge in [0, 0.05) is 11.0 Å². The first kappa shape index (κ1) is 16.3. The maximum absolute atomic E-state index is 5.81. The molecule has 0 spiro atoms. The van der Waals surface area contributed by atoms with Crippen LogP contribution in [0.5, 0.6) is 5.75 Å². The van der Waals surface area contributed by atoms with Crippen LogP contribution in [0.4, 0.5) is 0 Å². The van der Waals surface area contributed by atoms with E-state index >= 15 is 0 Å². The number of benzene rings is 2. The fourth-order valence-electron chi connectivity index (χ4n) is 2.40. The lowest BCUT2D eigenvalue weighted by Crippen LogP contribution is -2.16. The van der Waals surface area contributed by atoms with Crippen molar-refractivity contribution in [1.82, 2.24) is 5.32 Å². The van der Waals surface area contributed by atoms with Gasteiger partial charge in [0.1, 0.15) is 12.4 Å². The molecule has 2 nitrogen and oxygen atoms in total. The lowest BCUT2D eigenvalue weighted by atomic mass is 10.1. The van der Waals surface area contributed by atoms with Gasteiger partial charge in [0.15, 0.2) is 0 Å². The highest BCUT2D eigenvalue weighted by atomic mass is 79.9. The van der Waals surface area contributed by atoms with E-state index in [9.17, 15) is 0 Å². The molecule has 0 heterocycles. The third kappa shape index (κ3) is 5.52. The van der Waals surface area contributed by atoms with Crippen molar-refractivity contribution in [2.24, 2.45) is 5.92 Å². The highest BCUT2D eigenvalue weighted by Gasteiger charge is 2.19. The molecule has 1 aliphatic rings. The zero-order valence-electron chi connectivity index (χ0n) is 13.2. The minimum Gasteiger partial charge on any atom is -0.490 e. The second kappa shape index (κ2) is 8.32. The number of hydrogen-bond acceptors (Lipinski definition) is 2. The van der Waals surface area contributed by atoms with E-state index in [-0.39, 0.29) is 0 Å². The van der Waals surface area contributed by atoms with E-state index in [2.05, 4.69) is 69.8 Å². The molecule has 0 unspecified atom stereocenters. The minimum absolute atomic E-state index is 0.606. The van der Waals surface area contributed by atoms with E-state index in [1.807, 2.05) is 12.1 Å². The highest BCUT2D eigenvalue weighted by molar-refractivity contribution is 9.10. The van der Waals surface area contributed by atoms with Gasteiger partial charge < -0.3 is 10.1 Å². The molecular weight excluding hydrogens is 350 g/mol. The van der Waals surface area contributed by atoms with E-state index < -0.39 is 0 Å². The highest BCUT2D eigenvalue weighted by Crippen LogP contribution is 2.27. The largest absolute Gasteiger partial charge is 0.490 e. The molecule has 1 saturated carbocycles. The molecule has 2 aromatic carbocycles. The maximum atomic E-state index is 5.81. The Kier molecular flexibility index (Phi) is 5.89. The van der Waals surface area contributed by atoms with Gasteiger partial charge in [-0.3, -0.25) is 0 Å². The zero-order chi connectivity index (χ0) is 15.9. The second-order valence-electron chi connectivity index (χ2n) is 5.92. The van der Waals surface area contributed by atoms with Gasteiger partial charge in [0.25, 0.3) is 0 Å². The van der Waals surface area contributed by atoms with Crippen LogP contribution in [0.15, 0.2) is 65.2 Å². The summed E-state index contributed by atoms with van der Waals surface area (Å²) in [4.78, 5) is 0. The Morgan fingerprint density at radius 2 is 1.87 bits per heavy atom. The van der Waals surface area contributed by atoms with E-state index in [1.165, 1.54) is 24.0 Å². The van der Waals surface area contributed by atoms with Crippen molar-refractivity contribution in [1.29, 1.82) is 0 Å². The molecule has 0 aromatic heterocycles. The zero-order valence-corrected chi connectivity index (χ0v) is 14.8. The third-order valence-electron chi connectivity index (χ3n) is 3.92. The van der Waals surface area contributed by atoms with Crippen LogP contribution in [0.1, 0.15) is 12.8 Å². The summed E-state index contributed by atoms with van der Waals surface area (Å²) in [7, 11) is 0. The fraction of sp³-hybridized carbons (Fsp3) is 0.300. The summed E-state index contributed by atoms with van der Waals surface area (Å²) in [5.41, 5.74) is 2.36. The third-order valence-corrected chi connectivity index (χ3v) is 4.45. The molecule has 1 fully saturated rings. The van der Waals surface area contributed by atoms with Crippen LogP contribution in [-0.2, 0) is 0 Å². The van der Waals surface area contributed by atoms with Crippen LogP contribution in [0, 0.1) is 5.92 Å². The van der Waals surface area contributed by atoms with E-state index in [4.69, 9.17) is 4.74 Å². The van der Waals surface area contributed by atoms with Crippen LogP contribution in [0.2, 0.25) is 0 Å². The first-order valence-electron chi connectivity index (χ1n) is 8.16. The summed E-state index contributed by atoms with van der Waals surface area (Å²) < 4.78 is 6.90. The first-order chi connectivity index (χ1) is 11.3. The fourth-order valence-corrected chi connectivity index (χ4v) is 2.66. The lowest BCUT2D eigenvalue weighted by Gasteiger charge is -2.07. The Bertz CT molecular complexity index is 647. The number of rotatable bonds is 8. The average Bonchev–Trinajstić information content (AvgIpc) is 3.39. The molecule has 3 heteroatoms. The summed E-state index contributed by atoms with van der Waals surface area (Å²) >= 11 is 3.47. The molecule has 23 heavy (non-hydrogen) atoms. The maximum Gasteiger partial charge on any atom is 0.120 e. The predicted molar refractivity (Wildman–Crippen MR) is 99.8 cm³/mol. The SMILES string of the molecule is Brc1ccc(-c2cccc(OCC=CCNCC3CC3)c2)cc1. The van der Waals surface area contributed by atoms with Crippen LogP contribution >= 0.6 is 15.9 Å². The van der Waals surface area contributed by atoms with Crippen molar-refractivity contribution >= 4 is 15.9 Å². The van der Waals surface area contributed by atoms with Crippen molar-refractivity contribution in [3.63, 3.8) is 0 Å². The van der Waals surface area contributed by atoms with E-state index in [0.717, 1.165) is 29.2 Å². The Balaban J connectivity index is 1.47. The molecule has 1 N–H and O–H groups in total. The van der Waals surface area contributed by atoms with Crippen molar-refractivity contribution < 1.29 is 4.74 Å². The number of hydrogen-bond donors (Lipinski definition) is 1. The van der Waals surface area contributed by atoms with Gasteiger partial charge in [-0.1, -0.05) is 52.3 Å². The lowest BCUT2D eigenvalue weighted by molar-refractivity contribution is 0.362. The van der Waals surface area contributed by atoms with Gasteiger partial charge in [0.2, 0.25) is 0 Å². The monoisotopic (exact) mass is 371 g/mol. The smallest absolute Gasteiger partial charge is 0.120 e. The van der Waals surface area contributed by atoms with Crippen LogP contribution in [-0.4, -0.2) is 19.7 Å². The quantitative estimate of drug-likeness (QED) is 0.517. The Morgan fingerprint density at radius 1 is 1.04 bits per heavy atom.